The number of hydrogen-bond donors (Lipinski definition) is 1. The summed E-state index contributed by atoms with van der Waals surface area (Å²) in [6.45, 7) is 3.16. The fourth-order valence-electron chi connectivity index (χ4n) is 3.81. The van der Waals surface area contributed by atoms with Gasteiger partial charge in [-0.2, -0.15) is 4.98 Å². The van der Waals surface area contributed by atoms with Crippen LogP contribution in [0.4, 0.5) is 0 Å². The first-order valence-electron chi connectivity index (χ1n) is 10.5. The molecule has 1 fully saturated rings. The van der Waals surface area contributed by atoms with Gasteiger partial charge in [0.1, 0.15) is 0 Å². The monoisotopic (exact) mass is 405 g/mol. The predicted octanol–water partition coefficient (Wildman–Crippen LogP) is 3.41. The van der Waals surface area contributed by atoms with Crippen LogP contribution in [0.2, 0.25) is 0 Å². The molecule has 30 heavy (non-hydrogen) atoms. The van der Waals surface area contributed by atoms with Crippen molar-refractivity contribution in [2.45, 2.75) is 38.1 Å². The Morgan fingerprint density at radius 2 is 2.00 bits per heavy atom. The Kier molecular flexibility index (Phi) is 6.82. The lowest BCUT2D eigenvalue weighted by Crippen LogP contribution is -2.31. The molecule has 1 aliphatic heterocycles. The second-order valence-corrected chi connectivity index (χ2v) is 7.69. The highest BCUT2D eigenvalue weighted by Crippen LogP contribution is 2.26. The van der Waals surface area contributed by atoms with Gasteiger partial charge in [0.05, 0.1) is 0 Å². The molecule has 1 unspecified atom stereocenters. The molecule has 3 heterocycles. The molecule has 1 saturated heterocycles. The maximum atomic E-state index is 12.2. The third-order valence-electron chi connectivity index (χ3n) is 5.46. The summed E-state index contributed by atoms with van der Waals surface area (Å²) in [5.74, 6) is 1.41. The second kappa shape index (κ2) is 10.1. The first-order valence-corrected chi connectivity index (χ1v) is 10.5. The molecule has 1 aliphatic rings. The van der Waals surface area contributed by atoms with Crippen molar-refractivity contribution >= 4 is 5.91 Å². The number of pyridine rings is 1. The molecule has 7 heteroatoms. The van der Waals surface area contributed by atoms with Crippen molar-refractivity contribution in [3.63, 3.8) is 0 Å². The summed E-state index contributed by atoms with van der Waals surface area (Å²) in [6, 6.07) is 14.2. The molecule has 0 saturated carbocycles. The van der Waals surface area contributed by atoms with Gasteiger partial charge in [-0.25, -0.2) is 0 Å². The van der Waals surface area contributed by atoms with E-state index in [1.807, 2.05) is 18.2 Å². The fourth-order valence-corrected chi connectivity index (χ4v) is 3.81. The van der Waals surface area contributed by atoms with Gasteiger partial charge < -0.3 is 9.84 Å². The highest BCUT2D eigenvalue weighted by Gasteiger charge is 2.21. The summed E-state index contributed by atoms with van der Waals surface area (Å²) in [6.07, 6.45) is 6.71. The number of benzene rings is 1. The van der Waals surface area contributed by atoms with Crippen molar-refractivity contribution in [1.29, 1.82) is 0 Å². The topological polar surface area (TPSA) is 84.2 Å². The van der Waals surface area contributed by atoms with Crippen molar-refractivity contribution < 1.29 is 9.32 Å². The Hall–Kier alpha value is -3.06. The van der Waals surface area contributed by atoms with Crippen molar-refractivity contribution in [2.75, 3.05) is 19.6 Å². The Morgan fingerprint density at radius 1 is 1.10 bits per heavy atom. The number of amides is 1. The van der Waals surface area contributed by atoms with E-state index < -0.39 is 0 Å². The zero-order valence-electron chi connectivity index (χ0n) is 17.0. The van der Waals surface area contributed by atoms with E-state index in [9.17, 15) is 4.79 Å². The summed E-state index contributed by atoms with van der Waals surface area (Å²) >= 11 is 0. The van der Waals surface area contributed by atoms with Crippen LogP contribution in [0.1, 0.15) is 43.1 Å². The lowest BCUT2D eigenvalue weighted by atomic mass is 9.99. The van der Waals surface area contributed by atoms with Crippen molar-refractivity contribution in [1.82, 2.24) is 25.3 Å². The van der Waals surface area contributed by atoms with E-state index in [1.54, 1.807) is 12.4 Å². The van der Waals surface area contributed by atoms with Crippen LogP contribution in [0.25, 0.3) is 11.4 Å². The third-order valence-corrected chi connectivity index (χ3v) is 5.46. The maximum absolute atomic E-state index is 12.2. The highest BCUT2D eigenvalue weighted by molar-refractivity contribution is 5.76. The Labute approximate surface area is 176 Å². The fraction of sp³-hybridized carbons (Fsp3) is 0.391. The van der Waals surface area contributed by atoms with Crippen LogP contribution in [0.15, 0.2) is 59.4 Å². The van der Waals surface area contributed by atoms with Crippen LogP contribution in [-0.4, -0.2) is 45.6 Å². The summed E-state index contributed by atoms with van der Waals surface area (Å²) in [4.78, 5) is 23.3. The van der Waals surface area contributed by atoms with Crippen molar-refractivity contribution in [3.8, 4) is 11.4 Å². The van der Waals surface area contributed by atoms with E-state index in [1.165, 1.54) is 5.56 Å². The Bertz CT molecular complexity index is 929. The number of nitrogens with one attached hydrogen (secondary N) is 1. The maximum Gasteiger partial charge on any atom is 0.230 e. The van der Waals surface area contributed by atoms with Crippen molar-refractivity contribution in [2.24, 2.45) is 0 Å². The summed E-state index contributed by atoms with van der Waals surface area (Å²) in [7, 11) is 0. The van der Waals surface area contributed by atoms with Crippen LogP contribution < -0.4 is 5.32 Å². The lowest BCUT2D eigenvalue weighted by molar-refractivity contribution is -0.121. The molecule has 4 rings (SSSR count). The van der Waals surface area contributed by atoms with E-state index in [2.05, 4.69) is 49.6 Å². The van der Waals surface area contributed by atoms with Gasteiger partial charge in [-0.05, 0) is 43.5 Å². The minimum atomic E-state index is 0.0929. The summed E-state index contributed by atoms with van der Waals surface area (Å²) in [5, 5.41) is 7.18. The third kappa shape index (κ3) is 5.51. The molecule has 2 aromatic heterocycles. The zero-order chi connectivity index (χ0) is 20.6. The number of carbonyl (C=O) groups is 1. The minimum absolute atomic E-state index is 0.0929. The standard InChI is InChI=1S/C23H27N5O2/c29-21-11-15-28(17-18-6-2-1-3-7-18)14-5-9-19(10-13-25-21)23-26-22(27-30-23)20-8-4-12-24-16-20/h1-4,6-8,12,16,19H,5,9-11,13-15,17H2,(H,25,29). The van der Waals surface area contributed by atoms with Gasteiger partial charge in [0.25, 0.3) is 0 Å². The number of aromatic nitrogens is 3. The quantitative estimate of drug-likeness (QED) is 0.716. The molecular formula is C23H27N5O2. The SMILES string of the molecule is O=C1CCN(Cc2ccccc2)CCCC(c2nc(-c3cccnc3)no2)CCN1. The predicted molar refractivity (Wildman–Crippen MR) is 113 cm³/mol. The summed E-state index contributed by atoms with van der Waals surface area (Å²) < 4.78 is 5.59. The van der Waals surface area contributed by atoms with E-state index in [0.29, 0.717) is 24.7 Å². The van der Waals surface area contributed by atoms with Gasteiger partial charge in [0.2, 0.25) is 17.6 Å². The molecular weight excluding hydrogens is 378 g/mol. The zero-order valence-corrected chi connectivity index (χ0v) is 17.0. The van der Waals surface area contributed by atoms with E-state index >= 15 is 0 Å². The first-order chi connectivity index (χ1) is 14.8. The number of nitrogens with zero attached hydrogens (tertiary/aromatic N) is 4. The van der Waals surface area contributed by atoms with Crippen molar-refractivity contribution in [3.05, 3.63) is 66.3 Å². The minimum Gasteiger partial charge on any atom is -0.356 e. The van der Waals surface area contributed by atoms with Crippen LogP contribution in [-0.2, 0) is 11.3 Å². The van der Waals surface area contributed by atoms with Crippen LogP contribution in [0.3, 0.4) is 0 Å². The lowest BCUT2D eigenvalue weighted by Gasteiger charge is -2.22. The Morgan fingerprint density at radius 3 is 2.83 bits per heavy atom. The molecule has 3 aromatic rings. The van der Waals surface area contributed by atoms with Gasteiger partial charge in [-0.3, -0.25) is 14.7 Å². The van der Waals surface area contributed by atoms with Gasteiger partial charge in [-0.15, -0.1) is 0 Å². The smallest absolute Gasteiger partial charge is 0.230 e. The highest BCUT2D eigenvalue weighted by atomic mass is 16.5. The van der Waals surface area contributed by atoms with Crippen LogP contribution in [0, 0.1) is 0 Å². The average Bonchev–Trinajstić information content (AvgIpc) is 3.26. The van der Waals surface area contributed by atoms with Gasteiger partial charge >= 0.3 is 0 Å². The average molecular weight is 406 g/mol. The van der Waals surface area contributed by atoms with Gasteiger partial charge in [0.15, 0.2) is 0 Å². The van der Waals surface area contributed by atoms with Gasteiger partial charge in [0, 0.05) is 49.9 Å². The van der Waals surface area contributed by atoms with Crippen LogP contribution in [0.5, 0.6) is 0 Å². The molecule has 1 N–H and O–H groups in total. The molecule has 1 aromatic carbocycles. The van der Waals surface area contributed by atoms with E-state index in [-0.39, 0.29) is 11.8 Å². The molecule has 0 spiro atoms. The number of rotatable bonds is 4. The molecule has 0 aliphatic carbocycles. The molecule has 7 nitrogen and oxygen atoms in total. The molecule has 0 radical (unpaired) electrons. The largest absolute Gasteiger partial charge is 0.356 e. The number of carbonyl (C=O) groups excluding carboxylic acids is 1. The summed E-state index contributed by atoms with van der Waals surface area (Å²) in [5.41, 5.74) is 2.11. The second-order valence-electron chi connectivity index (χ2n) is 7.69. The normalized spacial score (nSPS) is 19.1. The van der Waals surface area contributed by atoms with Gasteiger partial charge in [-0.1, -0.05) is 35.5 Å². The van der Waals surface area contributed by atoms with Crippen LogP contribution >= 0.6 is 0 Å². The Balaban J connectivity index is 1.44. The molecule has 0 bridgehead atoms. The molecule has 1 atom stereocenters. The molecule has 1 amide bonds. The van der Waals surface area contributed by atoms with E-state index in [4.69, 9.17) is 4.52 Å². The molecule has 156 valence electrons. The number of hydrogen-bond acceptors (Lipinski definition) is 6. The first kappa shape index (κ1) is 20.2. The van der Waals surface area contributed by atoms with E-state index in [0.717, 1.165) is 44.5 Å².